The fourth-order valence-corrected chi connectivity index (χ4v) is 0. The van der Waals surface area contributed by atoms with Crippen LogP contribution in [0.5, 0.6) is 0 Å². The molecule has 0 N–H and O–H groups in total. The van der Waals surface area contributed by atoms with Gasteiger partial charge in [-0.3, -0.25) is 0 Å². The first-order chi connectivity index (χ1) is 1.00. The van der Waals surface area contributed by atoms with Crippen LogP contribution in [0.4, 0.5) is 0 Å². The minimum atomic E-state index is 0. The van der Waals surface area contributed by atoms with E-state index in [9.17, 15) is 0 Å². The standard InChI is InChI=1S/CH4S.CH3.W.Y/c1-2;;;/h2H,1H3;1H3;;/q;-1;;/p+1. The first-order valence-corrected chi connectivity index (χ1v) is 1.50. The molecule has 31 valence electrons. The van der Waals surface area contributed by atoms with Crippen LogP contribution in [0.15, 0.2) is 0 Å². The molecule has 0 aliphatic rings. The molecule has 0 fully saturated rings. The van der Waals surface area contributed by atoms with Gasteiger partial charge in [0.15, 0.2) is 0 Å². The molecule has 5 heavy (non-hydrogen) atoms. The summed E-state index contributed by atoms with van der Waals surface area (Å²) in [7, 11) is 0. The molecule has 0 aromatic carbocycles. The van der Waals surface area contributed by atoms with Gasteiger partial charge < -0.3 is 7.43 Å². The monoisotopic (exact) mass is 337 g/mol. The van der Waals surface area contributed by atoms with Crippen LogP contribution in [-0.2, 0) is 66.4 Å². The van der Waals surface area contributed by atoms with Crippen LogP contribution in [0.1, 0.15) is 0 Å². The van der Waals surface area contributed by atoms with Crippen LogP contribution in [0.25, 0.3) is 0 Å². The van der Waals surface area contributed by atoms with Crippen molar-refractivity contribution in [3.05, 3.63) is 7.43 Å². The summed E-state index contributed by atoms with van der Waals surface area (Å²) < 4.78 is 0. The normalized spacial score (nSPS) is 1.20. The minimum Gasteiger partial charge on any atom is -0.358 e. The third-order valence-electron chi connectivity index (χ3n) is 0. The summed E-state index contributed by atoms with van der Waals surface area (Å²) in [6, 6.07) is 0. The van der Waals surface area contributed by atoms with Crippen LogP contribution < -0.4 is 0 Å². The second-order valence-electron chi connectivity index (χ2n) is 0. The molecule has 3 heteroatoms. The van der Waals surface area contributed by atoms with Gasteiger partial charge in [-0.15, -0.1) is 0 Å². The van der Waals surface area contributed by atoms with E-state index in [2.05, 4.69) is 12.6 Å². The van der Waals surface area contributed by atoms with E-state index in [0.29, 0.717) is 0 Å². The van der Waals surface area contributed by atoms with Crippen molar-refractivity contribution in [3.8, 4) is 0 Å². The molecule has 0 aromatic heterocycles. The molecule has 0 atom stereocenters. The average molecular weight is 337 g/mol. The van der Waals surface area contributed by atoms with E-state index in [1.807, 2.05) is 0 Å². The minimum absolute atomic E-state index is 0. The van der Waals surface area contributed by atoms with Gasteiger partial charge in [0.1, 0.15) is 0 Å². The van der Waals surface area contributed by atoms with E-state index in [-0.39, 0.29) is 61.2 Å². The molecule has 0 saturated heterocycles. The molecule has 0 bridgehead atoms. The Labute approximate surface area is 79.0 Å². The van der Waals surface area contributed by atoms with Crippen LogP contribution in [0, 0.1) is 7.43 Å². The van der Waals surface area contributed by atoms with Gasteiger partial charge in [0.2, 0.25) is 0 Å². The van der Waals surface area contributed by atoms with Gasteiger partial charge in [0, 0.05) is 53.8 Å². The van der Waals surface area contributed by atoms with Crippen molar-refractivity contribution in [3.63, 3.8) is 0 Å². The van der Waals surface area contributed by atoms with Crippen molar-refractivity contribution in [2.24, 2.45) is 0 Å². The zero-order valence-electron chi connectivity index (χ0n) is 3.49. The Morgan fingerprint density at radius 2 is 1.20 bits per heavy atom. The molecule has 0 aromatic rings. The molecule has 0 spiro atoms. The summed E-state index contributed by atoms with van der Waals surface area (Å²) in [4.78, 5) is 0. The number of rotatable bonds is 0. The predicted molar refractivity (Wildman–Crippen MR) is 22.5 cm³/mol. The van der Waals surface area contributed by atoms with Crippen molar-refractivity contribution >= 4 is 12.6 Å². The second-order valence-corrected chi connectivity index (χ2v) is 0. The Morgan fingerprint density at radius 3 is 1.20 bits per heavy atom. The Morgan fingerprint density at radius 1 is 1.20 bits per heavy atom. The van der Waals surface area contributed by atoms with Gasteiger partial charge in [-0.05, 0) is 12.6 Å². The Hall–Kier alpha value is 2.14. The summed E-state index contributed by atoms with van der Waals surface area (Å²) in [5, 5.41) is 0. The van der Waals surface area contributed by atoms with E-state index in [0.717, 1.165) is 0 Å². The molecule has 0 rings (SSSR count). The summed E-state index contributed by atoms with van der Waals surface area (Å²) in [6.07, 6.45) is 1.81. The predicted octanol–water partition coefficient (Wildman–Crippen LogP) is 0.0730. The van der Waals surface area contributed by atoms with Crippen molar-refractivity contribution in [2.45, 2.75) is 0 Å². The third kappa shape index (κ3) is 23.0. The Balaban J connectivity index is -0.00000000167. The Bertz CT molecular complexity index is 9.61. The van der Waals surface area contributed by atoms with Crippen molar-refractivity contribution in [1.82, 2.24) is 0 Å². The van der Waals surface area contributed by atoms with Gasteiger partial charge in [-0.2, -0.15) is 0 Å². The summed E-state index contributed by atoms with van der Waals surface area (Å²) in [5.74, 6) is 0. The maximum Gasteiger partial charge on any atom is 0.0929 e. The molecular formula is C2H8SWY. The van der Waals surface area contributed by atoms with Gasteiger partial charge in [-0.1, -0.05) is 0 Å². The van der Waals surface area contributed by atoms with Crippen molar-refractivity contribution < 1.29 is 53.8 Å². The third-order valence-corrected chi connectivity index (χ3v) is 0. The molecule has 0 unspecified atom stereocenters. The van der Waals surface area contributed by atoms with Crippen molar-refractivity contribution in [2.75, 3.05) is 6.26 Å². The van der Waals surface area contributed by atoms with E-state index in [1.54, 1.807) is 6.26 Å². The first-order valence-electron chi connectivity index (χ1n) is 0.500. The quantitative estimate of drug-likeness (QED) is 0.434. The smallest absolute Gasteiger partial charge is 0.0929 e. The number of hydrogen-bond acceptors (Lipinski definition) is 0. The average Bonchev–Trinajstić information content (AvgIpc) is 1.00. The van der Waals surface area contributed by atoms with Crippen molar-refractivity contribution in [1.29, 1.82) is 0 Å². The van der Waals surface area contributed by atoms with Gasteiger partial charge in [-0.25, -0.2) is 0 Å². The fraction of sp³-hybridized carbons (Fsp3) is 0.500. The molecule has 0 nitrogen and oxygen atoms in total. The summed E-state index contributed by atoms with van der Waals surface area (Å²) in [5.41, 5.74) is 0. The SMILES string of the molecule is C[SH2+].[CH3-].[W].[Y]. The molecule has 0 aliphatic heterocycles. The summed E-state index contributed by atoms with van der Waals surface area (Å²) >= 11 is 2.97. The van der Waals surface area contributed by atoms with E-state index >= 15 is 0 Å². The largest absolute Gasteiger partial charge is 0.358 e. The van der Waals surface area contributed by atoms with Gasteiger partial charge in [0.05, 0.1) is 6.26 Å². The second kappa shape index (κ2) is 35.4. The molecule has 0 amide bonds. The molecule has 0 heterocycles. The van der Waals surface area contributed by atoms with Crippen LogP contribution in [0.2, 0.25) is 0 Å². The van der Waals surface area contributed by atoms with Gasteiger partial charge in [0.25, 0.3) is 0 Å². The Kier molecular flexibility index (Phi) is 193. The zero-order valence-corrected chi connectivity index (χ0v) is 10.3. The molecule has 1 radical (unpaired) electrons. The zero-order chi connectivity index (χ0) is 2.00. The fourth-order valence-electron chi connectivity index (χ4n) is 0. The van der Waals surface area contributed by atoms with Crippen LogP contribution in [-0.4, -0.2) is 6.26 Å². The van der Waals surface area contributed by atoms with E-state index in [4.69, 9.17) is 0 Å². The maximum absolute atomic E-state index is 2.97. The maximum atomic E-state index is 2.97. The molecule has 0 aliphatic carbocycles. The molecule has 0 saturated carbocycles. The van der Waals surface area contributed by atoms with Gasteiger partial charge >= 0.3 is 0 Å². The first kappa shape index (κ1) is 27.3. The molecular weight excluding hydrogens is 329 g/mol. The topological polar surface area (TPSA) is 0 Å². The van der Waals surface area contributed by atoms with E-state index in [1.165, 1.54) is 0 Å². The van der Waals surface area contributed by atoms with Crippen LogP contribution in [0.3, 0.4) is 0 Å². The summed E-state index contributed by atoms with van der Waals surface area (Å²) in [6.45, 7) is 0. The van der Waals surface area contributed by atoms with E-state index < -0.39 is 0 Å². The number of hydrogen-bond donors (Lipinski definition) is 0. The van der Waals surface area contributed by atoms with Crippen LogP contribution >= 0.6 is 0 Å².